The summed E-state index contributed by atoms with van der Waals surface area (Å²) in [7, 11) is 0. The molecule has 0 aromatic carbocycles. The molecule has 18 heavy (non-hydrogen) atoms. The Bertz CT molecular complexity index is 256. The van der Waals surface area contributed by atoms with Gasteiger partial charge in [-0.3, -0.25) is 4.90 Å². The Kier molecular flexibility index (Phi) is 5.10. The summed E-state index contributed by atoms with van der Waals surface area (Å²) in [5, 5.41) is 0. The van der Waals surface area contributed by atoms with E-state index in [1.807, 2.05) is 20.8 Å². The second-order valence-electron chi connectivity index (χ2n) is 6.36. The molecule has 0 spiro atoms. The van der Waals surface area contributed by atoms with Gasteiger partial charge in [0.2, 0.25) is 0 Å². The van der Waals surface area contributed by atoms with Gasteiger partial charge in [0.15, 0.2) is 0 Å². The van der Waals surface area contributed by atoms with Gasteiger partial charge in [-0.15, -0.1) is 0 Å². The summed E-state index contributed by atoms with van der Waals surface area (Å²) in [6.07, 6.45) is -1.96. The van der Waals surface area contributed by atoms with Crippen LogP contribution in [-0.2, 0) is 0 Å². The molecule has 0 heterocycles. The number of hydrogen-bond donors (Lipinski definition) is 0. The highest BCUT2D eigenvalue weighted by molar-refractivity contribution is 4.89. The maximum Gasteiger partial charge on any atom is 0.404 e. The van der Waals surface area contributed by atoms with Crippen LogP contribution in [0.25, 0.3) is 0 Å². The fourth-order valence-corrected chi connectivity index (χ4v) is 2.46. The maximum atomic E-state index is 13.3. The van der Waals surface area contributed by atoms with E-state index in [-0.39, 0.29) is 12.0 Å². The van der Waals surface area contributed by atoms with Crippen LogP contribution in [0.2, 0.25) is 0 Å². The molecule has 0 aromatic heterocycles. The average Bonchev–Trinajstić information content (AvgIpc) is 2.96. The quantitative estimate of drug-likeness (QED) is 0.691. The third-order valence-corrected chi connectivity index (χ3v) is 3.98. The van der Waals surface area contributed by atoms with Crippen molar-refractivity contribution in [2.24, 2.45) is 17.8 Å². The molecule has 0 aliphatic heterocycles. The van der Waals surface area contributed by atoms with Gasteiger partial charge in [0, 0.05) is 12.6 Å². The second kappa shape index (κ2) is 5.81. The van der Waals surface area contributed by atoms with Crippen molar-refractivity contribution in [1.82, 2.24) is 4.90 Å². The fraction of sp³-hybridized carbons (Fsp3) is 1.00. The molecule has 0 aromatic rings. The van der Waals surface area contributed by atoms with E-state index in [2.05, 4.69) is 0 Å². The van der Waals surface area contributed by atoms with Crippen LogP contribution in [0, 0.1) is 17.8 Å². The molecular weight excluding hydrogens is 239 g/mol. The summed E-state index contributed by atoms with van der Waals surface area (Å²) >= 11 is 0. The van der Waals surface area contributed by atoms with Crippen LogP contribution in [0.1, 0.15) is 47.5 Å². The first-order valence-electron chi connectivity index (χ1n) is 6.97. The topological polar surface area (TPSA) is 3.24 Å². The summed E-state index contributed by atoms with van der Waals surface area (Å²) < 4.78 is 39.8. The Hall–Kier alpha value is -0.250. The van der Waals surface area contributed by atoms with Crippen molar-refractivity contribution in [1.29, 1.82) is 0 Å². The summed E-state index contributed by atoms with van der Waals surface area (Å²) in [6.45, 7) is 9.86. The van der Waals surface area contributed by atoms with E-state index in [0.29, 0.717) is 12.5 Å². The SMILES string of the molecule is CC(C)C(C)N(CC1CC1)[C@H](C(C)C)C(F)(F)F. The molecule has 0 bridgehead atoms. The van der Waals surface area contributed by atoms with Gasteiger partial charge in [0.05, 0.1) is 0 Å². The van der Waals surface area contributed by atoms with Crippen LogP contribution in [0.4, 0.5) is 13.2 Å². The van der Waals surface area contributed by atoms with Crippen LogP contribution in [0.5, 0.6) is 0 Å². The van der Waals surface area contributed by atoms with Gasteiger partial charge in [0.1, 0.15) is 6.04 Å². The van der Waals surface area contributed by atoms with Crippen LogP contribution >= 0.6 is 0 Å². The zero-order valence-electron chi connectivity index (χ0n) is 12.1. The van der Waals surface area contributed by atoms with E-state index in [1.165, 1.54) is 0 Å². The van der Waals surface area contributed by atoms with Gasteiger partial charge in [-0.1, -0.05) is 27.7 Å². The summed E-state index contributed by atoms with van der Waals surface area (Å²) in [5.74, 6) is 0.326. The Morgan fingerprint density at radius 2 is 1.50 bits per heavy atom. The number of alkyl halides is 3. The highest BCUT2D eigenvalue weighted by Crippen LogP contribution is 2.37. The van der Waals surface area contributed by atoms with Crippen molar-refractivity contribution >= 4 is 0 Å². The molecular formula is C14H26F3N. The second-order valence-corrected chi connectivity index (χ2v) is 6.36. The lowest BCUT2D eigenvalue weighted by Gasteiger charge is -2.41. The van der Waals surface area contributed by atoms with E-state index in [4.69, 9.17) is 0 Å². The normalized spacial score (nSPS) is 20.8. The Morgan fingerprint density at radius 3 is 1.78 bits per heavy atom. The number of halogens is 3. The van der Waals surface area contributed by atoms with E-state index in [1.54, 1.807) is 18.7 Å². The highest BCUT2D eigenvalue weighted by atomic mass is 19.4. The molecule has 1 rings (SSSR count). The maximum absolute atomic E-state index is 13.3. The Morgan fingerprint density at radius 1 is 1.00 bits per heavy atom. The Labute approximate surface area is 109 Å². The van der Waals surface area contributed by atoms with Gasteiger partial charge in [0.25, 0.3) is 0 Å². The molecule has 0 saturated heterocycles. The van der Waals surface area contributed by atoms with Crippen molar-refractivity contribution in [3.8, 4) is 0 Å². The first-order valence-corrected chi connectivity index (χ1v) is 6.97. The van der Waals surface area contributed by atoms with Crippen LogP contribution < -0.4 is 0 Å². The van der Waals surface area contributed by atoms with Gasteiger partial charge >= 0.3 is 6.18 Å². The molecule has 1 unspecified atom stereocenters. The average molecular weight is 265 g/mol. The lowest BCUT2D eigenvalue weighted by Crippen LogP contribution is -2.54. The van der Waals surface area contributed by atoms with Crippen LogP contribution in [0.15, 0.2) is 0 Å². The minimum Gasteiger partial charge on any atom is -0.289 e. The van der Waals surface area contributed by atoms with Crippen LogP contribution in [-0.4, -0.2) is 29.7 Å². The third-order valence-electron chi connectivity index (χ3n) is 3.98. The van der Waals surface area contributed by atoms with Crippen molar-refractivity contribution in [3.05, 3.63) is 0 Å². The molecule has 1 aliphatic rings. The van der Waals surface area contributed by atoms with Crippen molar-refractivity contribution in [2.45, 2.75) is 65.7 Å². The van der Waals surface area contributed by atoms with Gasteiger partial charge in [-0.25, -0.2) is 0 Å². The monoisotopic (exact) mass is 265 g/mol. The zero-order chi connectivity index (χ0) is 14.1. The molecule has 0 N–H and O–H groups in total. The zero-order valence-corrected chi connectivity index (χ0v) is 12.1. The fourth-order valence-electron chi connectivity index (χ4n) is 2.46. The van der Waals surface area contributed by atoms with Crippen molar-refractivity contribution in [3.63, 3.8) is 0 Å². The summed E-state index contributed by atoms with van der Waals surface area (Å²) in [6, 6.07) is -1.34. The van der Waals surface area contributed by atoms with E-state index < -0.39 is 18.1 Å². The smallest absolute Gasteiger partial charge is 0.289 e. The molecule has 4 heteroatoms. The van der Waals surface area contributed by atoms with E-state index in [9.17, 15) is 13.2 Å². The molecule has 1 fully saturated rings. The predicted molar refractivity (Wildman–Crippen MR) is 68.4 cm³/mol. The lowest BCUT2D eigenvalue weighted by molar-refractivity contribution is -0.203. The highest BCUT2D eigenvalue weighted by Gasteiger charge is 2.48. The van der Waals surface area contributed by atoms with Gasteiger partial charge < -0.3 is 0 Å². The minimum atomic E-state index is -4.13. The molecule has 1 aliphatic carbocycles. The van der Waals surface area contributed by atoms with Gasteiger partial charge in [-0.05, 0) is 37.5 Å². The standard InChI is InChI=1S/C14H26F3N/c1-9(2)11(5)18(8-12-6-7-12)13(10(3)4)14(15,16)17/h9-13H,6-8H2,1-5H3/t11?,13-/m1/s1. The molecule has 1 saturated carbocycles. The Balaban J connectivity index is 2.89. The summed E-state index contributed by atoms with van der Waals surface area (Å²) in [5.41, 5.74) is 0. The molecule has 0 amide bonds. The molecule has 1 nitrogen and oxygen atoms in total. The van der Waals surface area contributed by atoms with E-state index in [0.717, 1.165) is 12.8 Å². The molecule has 108 valence electrons. The number of hydrogen-bond acceptors (Lipinski definition) is 1. The third kappa shape index (κ3) is 4.15. The van der Waals surface area contributed by atoms with Crippen molar-refractivity contribution in [2.75, 3.05) is 6.54 Å². The lowest BCUT2D eigenvalue weighted by atomic mass is 9.95. The predicted octanol–water partition coefficient (Wildman–Crippen LogP) is 4.33. The first kappa shape index (κ1) is 15.8. The van der Waals surface area contributed by atoms with Crippen molar-refractivity contribution < 1.29 is 13.2 Å². The van der Waals surface area contributed by atoms with Gasteiger partial charge in [-0.2, -0.15) is 13.2 Å². The number of nitrogens with zero attached hydrogens (tertiary/aromatic N) is 1. The summed E-state index contributed by atoms with van der Waals surface area (Å²) in [4.78, 5) is 1.70. The minimum absolute atomic E-state index is 0.0281. The largest absolute Gasteiger partial charge is 0.404 e. The molecule has 0 radical (unpaired) electrons. The van der Waals surface area contributed by atoms with Crippen LogP contribution in [0.3, 0.4) is 0 Å². The first-order chi connectivity index (χ1) is 8.14. The molecule has 2 atom stereocenters. The number of rotatable bonds is 6. The van der Waals surface area contributed by atoms with E-state index >= 15 is 0 Å².